The highest BCUT2D eigenvalue weighted by Crippen LogP contribution is 2.36. The second-order valence-corrected chi connectivity index (χ2v) is 5.78. The summed E-state index contributed by atoms with van der Waals surface area (Å²) in [7, 11) is 0. The third-order valence-corrected chi connectivity index (χ3v) is 4.31. The lowest BCUT2D eigenvalue weighted by Gasteiger charge is -2.11. The van der Waals surface area contributed by atoms with Crippen molar-refractivity contribution in [1.29, 1.82) is 0 Å². The van der Waals surface area contributed by atoms with Crippen LogP contribution in [0, 0.1) is 6.92 Å². The minimum Gasteiger partial charge on any atom is -0.325 e. The maximum Gasteiger partial charge on any atom is 0.232 e. The van der Waals surface area contributed by atoms with Gasteiger partial charge in [-0.1, -0.05) is 51.8 Å². The Balaban J connectivity index is 1.97. The molecular weight excluding hydrogens is 302 g/mol. The van der Waals surface area contributed by atoms with E-state index in [0.29, 0.717) is 0 Å². The lowest BCUT2D eigenvalue weighted by atomic mass is 9.92. The molecule has 2 aromatic carbocycles. The molecule has 0 saturated carbocycles. The number of anilines is 1. The standard InChI is InChI=1S/C16H14BrNO/c1-10-6-7-15-12(8-10)13(16(19)18-15)9-11-4-2-3-5-14(11)17/h2-8,13H,9H2,1H3,(H,18,19)/t13-/m0/s1. The summed E-state index contributed by atoms with van der Waals surface area (Å²) in [5, 5.41) is 2.96. The molecule has 0 bridgehead atoms. The Morgan fingerprint density at radius 1 is 1.21 bits per heavy atom. The zero-order valence-corrected chi connectivity index (χ0v) is 12.2. The fourth-order valence-corrected chi connectivity index (χ4v) is 2.98. The third-order valence-electron chi connectivity index (χ3n) is 3.54. The van der Waals surface area contributed by atoms with E-state index in [9.17, 15) is 4.79 Å². The Morgan fingerprint density at radius 3 is 2.79 bits per heavy atom. The zero-order valence-electron chi connectivity index (χ0n) is 10.6. The van der Waals surface area contributed by atoms with Crippen LogP contribution in [0.15, 0.2) is 46.9 Å². The molecule has 1 heterocycles. The van der Waals surface area contributed by atoms with E-state index in [0.717, 1.165) is 27.7 Å². The predicted molar refractivity (Wildman–Crippen MR) is 80.4 cm³/mol. The largest absolute Gasteiger partial charge is 0.325 e. The Bertz CT molecular complexity index is 651. The number of amides is 1. The first-order valence-electron chi connectivity index (χ1n) is 6.30. The van der Waals surface area contributed by atoms with Gasteiger partial charge in [0.25, 0.3) is 0 Å². The average molecular weight is 316 g/mol. The molecular formula is C16H14BrNO. The van der Waals surface area contributed by atoms with Crippen molar-refractivity contribution >= 4 is 27.5 Å². The molecule has 0 aliphatic carbocycles. The van der Waals surface area contributed by atoms with E-state index in [1.807, 2.05) is 30.3 Å². The highest BCUT2D eigenvalue weighted by molar-refractivity contribution is 9.10. The number of hydrogen-bond donors (Lipinski definition) is 1. The fraction of sp³-hybridized carbons (Fsp3) is 0.188. The van der Waals surface area contributed by atoms with Gasteiger partial charge in [0.05, 0.1) is 5.92 Å². The van der Waals surface area contributed by atoms with Crippen LogP contribution in [0.4, 0.5) is 5.69 Å². The van der Waals surface area contributed by atoms with Crippen LogP contribution in [-0.2, 0) is 11.2 Å². The molecule has 1 atom stereocenters. The van der Waals surface area contributed by atoms with Crippen LogP contribution in [0.25, 0.3) is 0 Å². The molecule has 3 rings (SSSR count). The Morgan fingerprint density at radius 2 is 2.00 bits per heavy atom. The molecule has 1 aliphatic heterocycles. The molecule has 0 unspecified atom stereocenters. The van der Waals surface area contributed by atoms with Gasteiger partial charge in [-0.05, 0) is 36.6 Å². The minimum absolute atomic E-state index is 0.0893. The Labute approximate surface area is 121 Å². The molecule has 1 aliphatic rings. The molecule has 0 saturated heterocycles. The zero-order chi connectivity index (χ0) is 13.4. The molecule has 19 heavy (non-hydrogen) atoms. The summed E-state index contributed by atoms with van der Waals surface area (Å²) in [5.74, 6) is 0.00459. The highest BCUT2D eigenvalue weighted by Gasteiger charge is 2.30. The van der Waals surface area contributed by atoms with Crippen LogP contribution in [0.3, 0.4) is 0 Å². The Hall–Kier alpha value is -1.61. The number of carbonyl (C=O) groups is 1. The van der Waals surface area contributed by atoms with Crippen molar-refractivity contribution in [2.45, 2.75) is 19.3 Å². The van der Waals surface area contributed by atoms with E-state index in [1.165, 1.54) is 5.56 Å². The van der Waals surface area contributed by atoms with Crippen LogP contribution >= 0.6 is 15.9 Å². The molecule has 0 fully saturated rings. The molecule has 0 aromatic heterocycles. The topological polar surface area (TPSA) is 29.1 Å². The number of benzene rings is 2. The second-order valence-electron chi connectivity index (χ2n) is 4.93. The summed E-state index contributed by atoms with van der Waals surface area (Å²) in [6, 6.07) is 14.2. The van der Waals surface area contributed by atoms with Gasteiger partial charge in [-0.2, -0.15) is 0 Å². The lowest BCUT2D eigenvalue weighted by Crippen LogP contribution is -2.14. The molecule has 96 valence electrons. The number of nitrogens with one attached hydrogen (secondary N) is 1. The number of halogens is 1. The molecule has 1 amide bonds. The molecule has 0 radical (unpaired) electrons. The van der Waals surface area contributed by atoms with Crippen molar-refractivity contribution in [3.05, 3.63) is 63.6 Å². The van der Waals surface area contributed by atoms with Gasteiger partial charge in [0, 0.05) is 10.2 Å². The first-order chi connectivity index (χ1) is 9.15. The monoisotopic (exact) mass is 315 g/mol. The molecule has 1 N–H and O–H groups in total. The van der Waals surface area contributed by atoms with Crippen molar-refractivity contribution < 1.29 is 4.79 Å². The van der Waals surface area contributed by atoms with Crippen molar-refractivity contribution in [1.82, 2.24) is 0 Å². The van der Waals surface area contributed by atoms with Crippen LogP contribution in [-0.4, -0.2) is 5.91 Å². The predicted octanol–water partition coefficient (Wildman–Crippen LogP) is 4.04. The normalized spacial score (nSPS) is 17.2. The summed E-state index contributed by atoms with van der Waals surface area (Å²) in [6.45, 7) is 2.05. The molecule has 2 aromatic rings. The van der Waals surface area contributed by atoms with Crippen molar-refractivity contribution in [3.63, 3.8) is 0 Å². The van der Waals surface area contributed by atoms with Crippen molar-refractivity contribution in [3.8, 4) is 0 Å². The summed E-state index contributed by atoms with van der Waals surface area (Å²) in [5.41, 5.74) is 4.41. The van der Waals surface area contributed by atoms with E-state index in [1.54, 1.807) is 0 Å². The smallest absolute Gasteiger partial charge is 0.232 e. The van der Waals surface area contributed by atoms with Crippen LogP contribution in [0.2, 0.25) is 0 Å². The maximum absolute atomic E-state index is 12.1. The number of fused-ring (bicyclic) bond motifs is 1. The minimum atomic E-state index is -0.0893. The van der Waals surface area contributed by atoms with E-state index in [-0.39, 0.29) is 11.8 Å². The number of hydrogen-bond acceptors (Lipinski definition) is 1. The van der Waals surface area contributed by atoms with Gasteiger partial charge in [-0.25, -0.2) is 0 Å². The number of aryl methyl sites for hydroxylation is 1. The SMILES string of the molecule is Cc1ccc2c(c1)[C@H](Cc1ccccc1Br)C(=O)N2. The molecule has 2 nitrogen and oxygen atoms in total. The third kappa shape index (κ3) is 2.30. The van der Waals surface area contributed by atoms with Crippen molar-refractivity contribution in [2.24, 2.45) is 0 Å². The van der Waals surface area contributed by atoms with E-state index < -0.39 is 0 Å². The number of carbonyl (C=O) groups excluding carboxylic acids is 1. The summed E-state index contributed by atoms with van der Waals surface area (Å²) >= 11 is 3.55. The van der Waals surface area contributed by atoms with E-state index in [2.05, 4.69) is 40.3 Å². The first kappa shape index (κ1) is 12.4. The summed E-state index contributed by atoms with van der Waals surface area (Å²) < 4.78 is 1.06. The van der Waals surface area contributed by atoms with Crippen molar-refractivity contribution in [2.75, 3.05) is 5.32 Å². The average Bonchev–Trinajstić information content (AvgIpc) is 2.69. The van der Waals surface area contributed by atoms with E-state index in [4.69, 9.17) is 0 Å². The van der Waals surface area contributed by atoms with Gasteiger partial charge in [-0.3, -0.25) is 4.79 Å². The summed E-state index contributed by atoms with van der Waals surface area (Å²) in [4.78, 5) is 12.1. The van der Waals surface area contributed by atoms with Gasteiger partial charge in [0.15, 0.2) is 0 Å². The maximum atomic E-state index is 12.1. The molecule has 0 spiro atoms. The van der Waals surface area contributed by atoms with Crippen LogP contribution in [0.5, 0.6) is 0 Å². The second kappa shape index (κ2) is 4.82. The molecule has 3 heteroatoms. The van der Waals surface area contributed by atoms with Gasteiger partial charge >= 0.3 is 0 Å². The van der Waals surface area contributed by atoms with Gasteiger partial charge in [-0.15, -0.1) is 0 Å². The highest BCUT2D eigenvalue weighted by atomic mass is 79.9. The quantitative estimate of drug-likeness (QED) is 0.890. The summed E-state index contributed by atoms with van der Waals surface area (Å²) in [6.07, 6.45) is 0.726. The van der Waals surface area contributed by atoms with Gasteiger partial charge in [0.1, 0.15) is 0 Å². The fourth-order valence-electron chi connectivity index (χ4n) is 2.53. The van der Waals surface area contributed by atoms with E-state index >= 15 is 0 Å². The van der Waals surface area contributed by atoms with Gasteiger partial charge < -0.3 is 5.32 Å². The van der Waals surface area contributed by atoms with Crippen LogP contribution in [0.1, 0.15) is 22.6 Å². The van der Waals surface area contributed by atoms with Crippen LogP contribution < -0.4 is 5.32 Å². The first-order valence-corrected chi connectivity index (χ1v) is 7.09. The number of rotatable bonds is 2. The lowest BCUT2D eigenvalue weighted by molar-refractivity contribution is -0.117. The van der Waals surface area contributed by atoms with Gasteiger partial charge in [0.2, 0.25) is 5.91 Å². The Kier molecular flexibility index (Phi) is 3.15.